The second kappa shape index (κ2) is 19.5. The summed E-state index contributed by atoms with van der Waals surface area (Å²) in [7, 11) is 0. The molecule has 1 aromatic rings. The number of hydrogen-bond donors (Lipinski definition) is 3. The average Bonchev–Trinajstić information content (AvgIpc) is 3.37. The van der Waals surface area contributed by atoms with E-state index < -0.39 is 11.9 Å². The number of rotatable bonds is 21. The molecule has 2 saturated heterocycles. The second-order valence-corrected chi connectivity index (χ2v) is 10.9. The Morgan fingerprint density at radius 3 is 2.02 bits per heavy atom. The van der Waals surface area contributed by atoms with Gasteiger partial charge in [0.15, 0.2) is 0 Å². The van der Waals surface area contributed by atoms with E-state index in [1.165, 1.54) is 4.90 Å². The van der Waals surface area contributed by atoms with Crippen molar-refractivity contribution in [2.75, 3.05) is 91.1 Å². The van der Waals surface area contributed by atoms with Gasteiger partial charge in [0, 0.05) is 29.8 Å². The highest BCUT2D eigenvalue weighted by Crippen LogP contribution is 2.32. The lowest BCUT2D eigenvalue weighted by molar-refractivity contribution is -0.137. The van der Waals surface area contributed by atoms with E-state index in [0.717, 1.165) is 25.9 Å². The van der Waals surface area contributed by atoms with Crippen molar-refractivity contribution in [2.24, 2.45) is 0 Å². The van der Waals surface area contributed by atoms with Crippen molar-refractivity contribution in [1.29, 1.82) is 0 Å². The summed E-state index contributed by atoms with van der Waals surface area (Å²) >= 11 is 0. The van der Waals surface area contributed by atoms with Crippen molar-refractivity contribution in [3.8, 4) is 0 Å². The number of amides is 4. The normalized spacial score (nSPS) is 18.7. The molecule has 4 rings (SSSR count). The van der Waals surface area contributed by atoms with Crippen molar-refractivity contribution in [2.45, 2.75) is 50.8 Å². The molecule has 2 fully saturated rings. The van der Waals surface area contributed by atoms with Crippen LogP contribution in [0.2, 0.25) is 0 Å². The SMILES string of the molecule is O=C1CCC(N2Cc3c(NC(=O)CCOCCOCCOCCOCCOCCOC4CCNCC4)cccc3C2=O)C(=O)N1. The number of ether oxygens (including phenoxy) is 6. The van der Waals surface area contributed by atoms with Gasteiger partial charge < -0.3 is 44.0 Å². The molecule has 0 aromatic heterocycles. The van der Waals surface area contributed by atoms with Gasteiger partial charge in [0.2, 0.25) is 17.7 Å². The predicted molar refractivity (Wildman–Crippen MR) is 162 cm³/mol. The Morgan fingerprint density at radius 1 is 0.800 bits per heavy atom. The van der Waals surface area contributed by atoms with E-state index in [4.69, 9.17) is 28.4 Å². The molecule has 3 aliphatic rings. The standard InChI is InChI=1S/C31H46N4O10/c36-28-5-4-27(30(38)34-28)35-22-25-24(31(35)39)2-1-3-26(25)33-29(37)8-11-40-12-13-41-14-15-42-16-17-43-18-19-44-20-21-45-23-6-9-32-10-7-23/h1-3,23,27,32H,4-22H2,(H,33,37)(H,34,36,38). The lowest BCUT2D eigenvalue weighted by Gasteiger charge is -2.29. The first-order valence-corrected chi connectivity index (χ1v) is 15.8. The first kappa shape index (κ1) is 34.9. The predicted octanol–water partition coefficient (Wildman–Crippen LogP) is 0.628. The van der Waals surface area contributed by atoms with E-state index >= 15 is 0 Å². The van der Waals surface area contributed by atoms with Crippen LogP contribution in [0, 0.1) is 0 Å². The van der Waals surface area contributed by atoms with Gasteiger partial charge in [0.05, 0.1) is 85.2 Å². The van der Waals surface area contributed by atoms with E-state index in [-0.39, 0.29) is 50.1 Å². The molecule has 14 heteroatoms. The number of carbonyl (C=O) groups excluding carboxylic acids is 4. The fourth-order valence-electron chi connectivity index (χ4n) is 5.30. The summed E-state index contributed by atoms with van der Waals surface area (Å²) < 4.78 is 33.3. The Hall–Kier alpha value is -2.98. The van der Waals surface area contributed by atoms with Gasteiger partial charge in [0.25, 0.3) is 5.91 Å². The highest BCUT2D eigenvalue weighted by atomic mass is 16.6. The Kier molecular flexibility index (Phi) is 15.1. The van der Waals surface area contributed by atoms with Crippen LogP contribution in [0.1, 0.15) is 48.0 Å². The van der Waals surface area contributed by atoms with Crippen LogP contribution in [-0.2, 0) is 49.3 Å². The molecule has 0 saturated carbocycles. The highest BCUT2D eigenvalue weighted by molar-refractivity contribution is 6.06. The summed E-state index contributed by atoms with van der Waals surface area (Å²) in [6.07, 6.45) is 3.06. The van der Waals surface area contributed by atoms with Crippen LogP contribution in [0.3, 0.4) is 0 Å². The van der Waals surface area contributed by atoms with E-state index in [0.29, 0.717) is 89.0 Å². The smallest absolute Gasteiger partial charge is 0.255 e. The van der Waals surface area contributed by atoms with E-state index in [1.54, 1.807) is 18.2 Å². The average molecular weight is 635 g/mol. The Balaban J connectivity index is 0.949. The van der Waals surface area contributed by atoms with Gasteiger partial charge in [-0.3, -0.25) is 24.5 Å². The summed E-state index contributed by atoms with van der Waals surface area (Å²) in [6.45, 7) is 7.23. The Labute approximate surface area is 263 Å². The van der Waals surface area contributed by atoms with Crippen LogP contribution in [0.15, 0.2) is 18.2 Å². The molecular weight excluding hydrogens is 588 g/mol. The number of benzene rings is 1. The quantitative estimate of drug-likeness (QED) is 0.128. The van der Waals surface area contributed by atoms with Crippen molar-refractivity contribution in [3.05, 3.63) is 29.3 Å². The van der Waals surface area contributed by atoms with Gasteiger partial charge in [0.1, 0.15) is 6.04 Å². The van der Waals surface area contributed by atoms with Crippen molar-refractivity contribution < 1.29 is 47.6 Å². The van der Waals surface area contributed by atoms with Gasteiger partial charge in [-0.15, -0.1) is 0 Å². The van der Waals surface area contributed by atoms with Crippen molar-refractivity contribution in [1.82, 2.24) is 15.5 Å². The van der Waals surface area contributed by atoms with Crippen molar-refractivity contribution >= 4 is 29.3 Å². The number of hydrogen-bond acceptors (Lipinski definition) is 11. The molecule has 0 bridgehead atoms. The molecule has 4 amide bonds. The number of fused-ring (bicyclic) bond motifs is 1. The fraction of sp³-hybridized carbons (Fsp3) is 0.677. The summed E-state index contributed by atoms with van der Waals surface area (Å²) in [5, 5.41) is 8.45. The minimum atomic E-state index is -0.710. The van der Waals surface area contributed by atoms with E-state index in [9.17, 15) is 19.2 Å². The molecule has 250 valence electrons. The maximum Gasteiger partial charge on any atom is 0.255 e. The maximum atomic E-state index is 12.9. The van der Waals surface area contributed by atoms with Crippen LogP contribution in [-0.4, -0.2) is 126 Å². The van der Waals surface area contributed by atoms with E-state index in [2.05, 4.69) is 16.0 Å². The highest BCUT2D eigenvalue weighted by Gasteiger charge is 2.39. The first-order valence-electron chi connectivity index (χ1n) is 15.8. The topological polar surface area (TPSA) is 163 Å². The third kappa shape index (κ3) is 11.7. The zero-order valence-electron chi connectivity index (χ0n) is 25.9. The van der Waals surface area contributed by atoms with E-state index in [1.807, 2.05) is 0 Å². The fourth-order valence-corrected chi connectivity index (χ4v) is 5.30. The molecule has 0 radical (unpaired) electrons. The number of anilines is 1. The lowest BCUT2D eigenvalue weighted by Crippen LogP contribution is -2.52. The number of piperidine rings is 2. The molecule has 3 N–H and O–H groups in total. The number of imide groups is 1. The molecule has 0 aliphatic carbocycles. The number of nitrogens with zero attached hydrogens (tertiary/aromatic N) is 1. The molecule has 1 unspecified atom stereocenters. The molecule has 45 heavy (non-hydrogen) atoms. The van der Waals surface area contributed by atoms with Gasteiger partial charge in [-0.05, 0) is 44.5 Å². The van der Waals surface area contributed by atoms with Gasteiger partial charge in [-0.2, -0.15) is 0 Å². The monoisotopic (exact) mass is 634 g/mol. The minimum Gasteiger partial charge on any atom is -0.379 e. The summed E-state index contributed by atoms with van der Waals surface area (Å²) in [5.41, 5.74) is 1.62. The third-order valence-electron chi connectivity index (χ3n) is 7.69. The summed E-state index contributed by atoms with van der Waals surface area (Å²) in [6, 6.07) is 4.38. The molecule has 1 aromatic carbocycles. The molecular formula is C31H46N4O10. The van der Waals surface area contributed by atoms with Crippen LogP contribution in [0.25, 0.3) is 0 Å². The minimum absolute atomic E-state index is 0.134. The van der Waals surface area contributed by atoms with Crippen LogP contribution >= 0.6 is 0 Å². The van der Waals surface area contributed by atoms with Crippen LogP contribution < -0.4 is 16.0 Å². The Bertz CT molecular complexity index is 1110. The van der Waals surface area contributed by atoms with Gasteiger partial charge in [-0.25, -0.2) is 0 Å². The second-order valence-electron chi connectivity index (χ2n) is 10.9. The summed E-state index contributed by atoms with van der Waals surface area (Å²) in [5.74, 6) is -1.35. The Morgan fingerprint density at radius 2 is 1.40 bits per heavy atom. The molecule has 14 nitrogen and oxygen atoms in total. The van der Waals surface area contributed by atoms with Crippen LogP contribution in [0.5, 0.6) is 0 Å². The zero-order chi connectivity index (χ0) is 31.7. The molecule has 3 aliphatic heterocycles. The molecule has 3 heterocycles. The van der Waals surface area contributed by atoms with Crippen molar-refractivity contribution in [3.63, 3.8) is 0 Å². The van der Waals surface area contributed by atoms with Gasteiger partial charge >= 0.3 is 0 Å². The number of nitrogens with one attached hydrogen (secondary N) is 3. The largest absolute Gasteiger partial charge is 0.379 e. The molecule has 0 spiro atoms. The number of carbonyl (C=O) groups is 4. The molecule has 1 atom stereocenters. The third-order valence-corrected chi connectivity index (χ3v) is 7.69. The maximum absolute atomic E-state index is 12.9. The first-order chi connectivity index (χ1) is 22.0. The zero-order valence-corrected chi connectivity index (χ0v) is 25.9. The van der Waals surface area contributed by atoms with Crippen LogP contribution in [0.4, 0.5) is 5.69 Å². The van der Waals surface area contributed by atoms with Gasteiger partial charge in [-0.1, -0.05) is 6.07 Å². The lowest BCUT2D eigenvalue weighted by atomic mass is 10.0. The summed E-state index contributed by atoms with van der Waals surface area (Å²) in [4.78, 5) is 50.7.